The molecule has 1 fully saturated rings. The number of carboxylic acids is 1. The molecule has 8 heteroatoms. The number of fused-ring (bicyclic) bond motifs is 1. The van der Waals surface area contributed by atoms with E-state index in [2.05, 4.69) is 10.1 Å². The number of Topliss-reactive ketones (excluding diaryl/α,β-unsaturated/α-hetero) is 2. The maximum absolute atomic E-state index is 13.1. The van der Waals surface area contributed by atoms with Gasteiger partial charge in [0.25, 0.3) is 0 Å². The quantitative estimate of drug-likeness (QED) is 0.502. The Morgan fingerprint density at radius 3 is 2.64 bits per heavy atom. The predicted octanol–water partition coefficient (Wildman–Crippen LogP) is 4.00. The van der Waals surface area contributed by atoms with Crippen LogP contribution in [0.15, 0.2) is 51.2 Å². The number of nitrogens with zero attached hydrogens (tertiary/aromatic N) is 2. The number of benzene rings is 1. The Bertz CT molecular complexity index is 1140. The van der Waals surface area contributed by atoms with Gasteiger partial charge in [-0.1, -0.05) is 35.5 Å². The molecular formula is C25H26N2O6. The minimum Gasteiger partial charge on any atom is -0.511 e. The summed E-state index contributed by atoms with van der Waals surface area (Å²) in [5.74, 6) is -1.13. The lowest BCUT2D eigenvalue weighted by Crippen LogP contribution is -2.29. The number of carbonyl (C=O) groups excluding carboxylic acids is 2. The van der Waals surface area contributed by atoms with Crippen LogP contribution in [0.2, 0.25) is 0 Å². The predicted molar refractivity (Wildman–Crippen MR) is 120 cm³/mol. The molecule has 1 aromatic heterocycles. The molecule has 0 amide bonds. The number of hydrogen-bond donors (Lipinski definition) is 2. The fourth-order valence-electron chi connectivity index (χ4n) is 4.51. The van der Waals surface area contributed by atoms with Crippen molar-refractivity contribution in [3.8, 4) is 0 Å². The van der Waals surface area contributed by atoms with E-state index in [-0.39, 0.29) is 48.1 Å². The van der Waals surface area contributed by atoms with Gasteiger partial charge in [-0.2, -0.15) is 0 Å². The number of aromatic nitrogens is 1. The van der Waals surface area contributed by atoms with Gasteiger partial charge in [-0.15, -0.1) is 0 Å². The molecule has 0 aliphatic heterocycles. The highest BCUT2D eigenvalue weighted by atomic mass is 16.5. The number of aliphatic hydroxyl groups excluding tert-OH is 1. The van der Waals surface area contributed by atoms with E-state index in [4.69, 9.17) is 4.52 Å². The molecule has 0 radical (unpaired) electrons. The lowest BCUT2D eigenvalue weighted by molar-refractivity contribution is -0.138. The van der Waals surface area contributed by atoms with Crippen molar-refractivity contribution in [1.82, 2.24) is 5.16 Å². The normalized spacial score (nSPS) is 22.2. The summed E-state index contributed by atoms with van der Waals surface area (Å²) >= 11 is 0. The summed E-state index contributed by atoms with van der Waals surface area (Å²) < 4.78 is 5.30. The maximum atomic E-state index is 13.1. The second-order valence-corrected chi connectivity index (χ2v) is 8.55. The van der Waals surface area contributed by atoms with E-state index >= 15 is 0 Å². The summed E-state index contributed by atoms with van der Waals surface area (Å²) in [6.45, 7) is 1.44. The minimum absolute atomic E-state index is 0.0170. The van der Waals surface area contributed by atoms with E-state index in [1.807, 2.05) is 30.3 Å². The standard InChI is InChI=1S/C25H26N2O6/c1-14(25(31)32)26-18-12-16(15-6-3-2-4-7-15)13-21(30)23(18)20(29)11-10-17-24-19(28)8-5-9-22(24)33-27-17/h2-4,6-7,14,16,29H,5,8-13H2,1H3,(H,31,32)/b23-20+,26-18?. The molecule has 8 nitrogen and oxygen atoms in total. The Balaban J connectivity index is 1.62. The largest absolute Gasteiger partial charge is 0.511 e. The first-order valence-corrected chi connectivity index (χ1v) is 11.2. The van der Waals surface area contributed by atoms with Crippen molar-refractivity contribution < 1.29 is 29.1 Å². The molecule has 2 atom stereocenters. The molecule has 2 aliphatic carbocycles. The zero-order valence-electron chi connectivity index (χ0n) is 18.4. The Morgan fingerprint density at radius 2 is 1.91 bits per heavy atom. The summed E-state index contributed by atoms with van der Waals surface area (Å²) in [6, 6.07) is 8.47. The Hall–Kier alpha value is -3.55. The molecule has 1 aromatic carbocycles. The number of aliphatic imine (C=N–C) groups is 1. The first kappa shape index (κ1) is 22.6. The second kappa shape index (κ2) is 9.52. The fourth-order valence-corrected chi connectivity index (χ4v) is 4.51. The average Bonchev–Trinajstić information content (AvgIpc) is 3.22. The highest BCUT2D eigenvalue weighted by Crippen LogP contribution is 2.34. The monoisotopic (exact) mass is 450 g/mol. The van der Waals surface area contributed by atoms with Gasteiger partial charge in [0.15, 0.2) is 11.6 Å². The van der Waals surface area contributed by atoms with Crippen molar-refractivity contribution in [2.45, 2.75) is 63.8 Å². The van der Waals surface area contributed by atoms with Crippen LogP contribution in [0.4, 0.5) is 0 Å². The number of aliphatic hydroxyl groups is 1. The number of ketones is 2. The number of aliphatic carboxylic acids is 1. The highest BCUT2D eigenvalue weighted by Gasteiger charge is 2.33. The lowest BCUT2D eigenvalue weighted by atomic mass is 9.78. The third-order valence-electron chi connectivity index (χ3n) is 6.22. The first-order valence-electron chi connectivity index (χ1n) is 11.2. The van der Waals surface area contributed by atoms with Gasteiger partial charge in [0.05, 0.1) is 22.5 Å². The van der Waals surface area contributed by atoms with Crippen LogP contribution in [0, 0.1) is 0 Å². The second-order valence-electron chi connectivity index (χ2n) is 8.55. The first-order chi connectivity index (χ1) is 15.8. The summed E-state index contributed by atoms with van der Waals surface area (Å²) in [5.41, 5.74) is 2.31. The summed E-state index contributed by atoms with van der Waals surface area (Å²) in [7, 11) is 0. The molecule has 4 rings (SSSR count). The number of carbonyl (C=O) groups is 3. The van der Waals surface area contributed by atoms with E-state index in [1.165, 1.54) is 6.92 Å². The van der Waals surface area contributed by atoms with Crippen molar-refractivity contribution in [2.75, 3.05) is 0 Å². The minimum atomic E-state index is -1.11. The van der Waals surface area contributed by atoms with Gasteiger partial charge < -0.3 is 14.7 Å². The van der Waals surface area contributed by atoms with Gasteiger partial charge in [0, 0.05) is 32.1 Å². The Morgan fingerprint density at radius 1 is 1.15 bits per heavy atom. The summed E-state index contributed by atoms with van der Waals surface area (Å²) in [6.07, 6.45) is 2.68. The van der Waals surface area contributed by atoms with Crippen molar-refractivity contribution in [3.63, 3.8) is 0 Å². The van der Waals surface area contributed by atoms with Crippen molar-refractivity contribution in [1.29, 1.82) is 0 Å². The van der Waals surface area contributed by atoms with Crippen LogP contribution in [-0.2, 0) is 22.4 Å². The lowest BCUT2D eigenvalue weighted by Gasteiger charge is -2.26. The van der Waals surface area contributed by atoms with Crippen molar-refractivity contribution >= 4 is 23.2 Å². The topological polar surface area (TPSA) is 130 Å². The van der Waals surface area contributed by atoms with Crippen molar-refractivity contribution in [2.24, 2.45) is 4.99 Å². The SMILES string of the molecule is CC(N=C1CC(c2ccccc2)CC(=O)/C1=C(/O)CCc1noc2c1C(=O)CCC2)C(=O)O. The van der Waals surface area contributed by atoms with E-state index in [0.29, 0.717) is 42.0 Å². The zero-order chi connectivity index (χ0) is 23.5. The molecule has 0 bridgehead atoms. The van der Waals surface area contributed by atoms with Crippen LogP contribution >= 0.6 is 0 Å². The molecule has 0 saturated heterocycles. The van der Waals surface area contributed by atoms with Gasteiger partial charge in [0.2, 0.25) is 0 Å². The summed E-state index contributed by atoms with van der Waals surface area (Å²) in [4.78, 5) is 41.1. The van der Waals surface area contributed by atoms with Crippen LogP contribution in [-0.4, -0.2) is 44.7 Å². The number of aryl methyl sites for hydroxylation is 2. The maximum Gasteiger partial charge on any atom is 0.328 e. The van der Waals surface area contributed by atoms with E-state index in [9.17, 15) is 24.6 Å². The molecule has 2 aliphatic rings. The molecular weight excluding hydrogens is 424 g/mol. The zero-order valence-corrected chi connectivity index (χ0v) is 18.4. The van der Waals surface area contributed by atoms with Gasteiger partial charge in [0.1, 0.15) is 17.6 Å². The highest BCUT2D eigenvalue weighted by molar-refractivity contribution is 6.25. The van der Waals surface area contributed by atoms with Gasteiger partial charge >= 0.3 is 5.97 Å². The van der Waals surface area contributed by atoms with Crippen LogP contribution in [0.25, 0.3) is 0 Å². The average molecular weight is 450 g/mol. The Labute approximate surface area is 191 Å². The molecule has 33 heavy (non-hydrogen) atoms. The third-order valence-corrected chi connectivity index (χ3v) is 6.22. The smallest absolute Gasteiger partial charge is 0.328 e. The number of allylic oxidation sites excluding steroid dienone is 2. The van der Waals surface area contributed by atoms with Crippen LogP contribution in [0.5, 0.6) is 0 Å². The van der Waals surface area contributed by atoms with Crippen LogP contribution in [0.1, 0.15) is 72.3 Å². The van der Waals surface area contributed by atoms with Gasteiger partial charge in [-0.3, -0.25) is 14.6 Å². The summed E-state index contributed by atoms with van der Waals surface area (Å²) in [5, 5.41) is 24.2. The molecule has 172 valence electrons. The van der Waals surface area contributed by atoms with Crippen molar-refractivity contribution in [3.05, 3.63) is 64.2 Å². The number of rotatable bonds is 6. The molecule has 1 heterocycles. The molecule has 2 N–H and O–H groups in total. The van der Waals surface area contributed by atoms with E-state index in [1.54, 1.807) is 0 Å². The van der Waals surface area contributed by atoms with Crippen LogP contribution < -0.4 is 0 Å². The van der Waals surface area contributed by atoms with Gasteiger partial charge in [-0.05, 0) is 31.2 Å². The molecule has 1 saturated carbocycles. The van der Waals surface area contributed by atoms with E-state index in [0.717, 1.165) is 12.0 Å². The number of hydrogen-bond acceptors (Lipinski definition) is 7. The molecule has 2 aromatic rings. The third kappa shape index (κ3) is 4.79. The van der Waals surface area contributed by atoms with Gasteiger partial charge in [-0.25, -0.2) is 4.79 Å². The Kier molecular flexibility index (Phi) is 6.53. The number of carboxylic acid groups (broad SMARTS) is 1. The molecule has 0 spiro atoms. The van der Waals surface area contributed by atoms with E-state index < -0.39 is 12.0 Å². The fraction of sp³-hybridized carbons (Fsp3) is 0.400. The van der Waals surface area contributed by atoms with Crippen LogP contribution in [0.3, 0.4) is 0 Å². The molecule has 2 unspecified atom stereocenters.